The molecule has 2 heterocycles. The second kappa shape index (κ2) is 6.96. The van der Waals surface area contributed by atoms with Crippen LogP contribution in [0.15, 0.2) is 58.8 Å². The number of carboxylic acids is 1. The summed E-state index contributed by atoms with van der Waals surface area (Å²) in [6.07, 6.45) is -0.0979. The van der Waals surface area contributed by atoms with Gasteiger partial charge in [0.1, 0.15) is 5.82 Å². The maximum atomic E-state index is 14.2. The first-order chi connectivity index (χ1) is 13.0. The average Bonchev–Trinajstić information content (AvgIpc) is 3.04. The molecule has 0 bridgehead atoms. The Morgan fingerprint density at radius 3 is 2.63 bits per heavy atom. The van der Waals surface area contributed by atoms with Gasteiger partial charge in [0.25, 0.3) is 0 Å². The van der Waals surface area contributed by atoms with Gasteiger partial charge in [-0.05, 0) is 24.6 Å². The van der Waals surface area contributed by atoms with Crippen molar-refractivity contribution >= 4 is 23.4 Å². The van der Waals surface area contributed by atoms with Crippen molar-refractivity contribution in [3.05, 3.63) is 65.5 Å². The summed E-state index contributed by atoms with van der Waals surface area (Å²) >= 11 is 1.27. The standard InChI is InChI=1S/C19H15FN4O2S/c1-11-6-8-12(9-7-11)17-15(10-16(25)26)27-19-22-21-18(24(19)23-17)13-4-2-3-5-14(13)20/h2-9,15H,10H2,1H3,(H,25,26)/t15-/m0/s1. The van der Waals surface area contributed by atoms with Crippen molar-refractivity contribution in [1.29, 1.82) is 0 Å². The van der Waals surface area contributed by atoms with E-state index >= 15 is 0 Å². The predicted molar refractivity (Wildman–Crippen MR) is 100 cm³/mol. The third-order valence-electron chi connectivity index (χ3n) is 4.19. The van der Waals surface area contributed by atoms with Gasteiger partial charge in [0.15, 0.2) is 5.82 Å². The van der Waals surface area contributed by atoms with Crippen LogP contribution in [0.4, 0.5) is 4.39 Å². The fraction of sp³-hybridized carbons (Fsp3) is 0.158. The Morgan fingerprint density at radius 2 is 1.93 bits per heavy atom. The van der Waals surface area contributed by atoms with Gasteiger partial charge in [0, 0.05) is 0 Å². The van der Waals surface area contributed by atoms with Crippen LogP contribution in [0.2, 0.25) is 0 Å². The highest BCUT2D eigenvalue weighted by molar-refractivity contribution is 8.00. The third kappa shape index (κ3) is 3.35. The van der Waals surface area contributed by atoms with Gasteiger partial charge in [-0.1, -0.05) is 53.7 Å². The number of aromatic nitrogens is 3. The highest BCUT2D eigenvalue weighted by Gasteiger charge is 2.31. The number of carbonyl (C=O) groups is 1. The van der Waals surface area contributed by atoms with E-state index in [1.54, 1.807) is 18.2 Å². The van der Waals surface area contributed by atoms with Gasteiger partial charge < -0.3 is 5.11 Å². The highest BCUT2D eigenvalue weighted by atomic mass is 32.2. The first kappa shape index (κ1) is 17.4. The number of thioether (sulfide) groups is 1. The smallest absolute Gasteiger partial charge is 0.304 e. The van der Waals surface area contributed by atoms with E-state index in [9.17, 15) is 14.3 Å². The first-order valence-electron chi connectivity index (χ1n) is 8.27. The quantitative estimate of drug-likeness (QED) is 0.746. The minimum absolute atomic E-state index is 0.0979. The first-order valence-corrected chi connectivity index (χ1v) is 9.15. The molecular weight excluding hydrogens is 367 g/mol. The average molecular weight is 382 g/mol. The van der Waals surface area contributed by atoms with Crippen molar-refractivity contribution in [1.82, 2.24) is 14.9 Å². The fourth-order valence-corrected chi connectivity index (χ4v) is 3.95. The van der Waals surface area contributed by atoms with E-state index in [4.69, 9.17) is 0 Å². The van der Waals surface area contributed by atoms with Crippen molar-refractivity contribution in [3.8, 4) is 11.4 Å². The molecule has 0 saturated carbocycles. The zero-order valence-corrected chi connectivity index (χ0v) is 15.2. The zero-order valence-electron chi connectivity index (χ0n) is 14.3. The van der Waals surface area contributed by atoms with E-state index in [0.717, 1.165) is 11.1 Å². The number of aryl methyl sites for hydroxylation is 1. The van der Waals surface area contributed by atoms with Crippen molar-refractivity contribution in [3.63, 3.8) is 0 Å². The van der Waals surface area contributed by atoms with Crippen LogP contribution < -0.4 is 0 Å². The maximum absolute atomic E-state index is 14.2. The molecule has 8 heteroatoms. The minimum Gasteiger partial charge on any atom is -0.481 e. The molecule has 27 heavy (non-hydrogen) atoms. The van der Waals surface area contributed by atoms with Crippen molar-refractivity contribution in [2.75, 3.05) is 0 Å². The molecule has 4 rings (SSSR count). The van der Waals surface area contributed by atoms with Crippen molar-refractivity contribution in [2.24, 2.45) is 5.10 Å². The van der Waals surface area contributed by atoms with Crippen LogP contribution in [0.1, 0.15) is 17.5 Å². The molecule has 0 unspecified atom stereocenters. The van der Waals surface area contributed by atoms with Crippen molar-refractivity contribution in [2.45, 2.75) is 23.8 Å². The van der Waals surface area contributed by atoms with Gasteiger partial charge >= 0.3 is 5.97 Å². The predicted octanol–water partition coefficient (Wildman–Crippen LogP) is 3.59. The maximum Gasteiger partial charge on any atom is 0.304 e. The molecule has 136 valence electrons. The van der Waals surface area contributed by atoms with Gasteiger partial charge in [-0.25, -0.2) is 4.39 Å². The molecule has 0 radical (unpaired) electrons. The van der Waals surface area contributed by atoms with E-state index in [0.29, 0.717) is 16.4 Å². The molecule has 3 aromatic rings. The van der Waals surface area contributed by atoms with E-state index in [1.807, 2.05) is 31.2 Å². The topological polar surface area (TPSA) is 80.4 Å². The number of hydrogen-bond acceptors (Lipinski definition) is 5. The Hall–Kier alpha value is -3.00. The van der Waals surface area contributed by atoms with E-state index in [1.165, 1.54) is 22.5 Å². The van der Waals surface area contributed by atoms with E-state index in [-0.39, 0.29) is 12.2 Å². The van der Waals surface area contributed by atoms with E-state index in [2.05, 4.69) is 15.3 Å². The number of carboxylic acid groups (broad SMARTS) is 1. The van der Waals surface area contributed by atoms with E-state index < -0.39 is 17.0 Å². The molecule has 0 spiro atoms. The second-order valence-corrected chi connectivity index (χ2v) is 7.32. The number of rotatable bonds is 4. The fourth-order valence-electron chi connectivity index (χ4n) is 2.86. The minimum atomic E-state index is -0.922. The lowest BCUT2D eigenvalue weighted by atomic mass is 10.0. The summed E-state index contributed by atoms with van der Waals surface area (Å²) in [5.74, 6) is -1.05. The van der Waals surface area contributed by atoms with Crippen LogP contribution in [0.5, 0.6) is 0 Å². The van der Waals surface area contributed by atoms with Gasteiger partial charge in [-0.3, -0.25) is 4.79 Å². The molecule has 0 fully saturated rings. The van der Waals surface area contributed by atoms with Crippen molar-refractivity contribution < 1.29 is 14.3 Å². The molecule has 0 amide bonds. The SMILES string of the molecule is Cc1ccc(C2=Nn3c(nnc3-c3ccccc3F)S[C@H]2CC(=O)O)cc1. The molecule has 1 N–H and O–H groups in total. The van der Waals surface area contributed by atoms with Gasteiger partial charge in [0.2, 0.25) is 5.16 Å². The summed E-state index contributed by atoms with van der Waals surface area (Å²) < 4.78 is 15.7. The van der Waals surface area contributed by atoms with Gasteiger partial charge in [-0.15, -0.1) is 10.2 Å². The lowest BCUT2D eigenvalue weighted by Crippen LogP contribution is -2.27. The third-order valence-corrected chi connectivity index (χ3v) is 5.33. The monoisotopic (exact) mass is 382 g/mol. The lowest BCUT2D eigenvalue weighted by molar-refractivity contribution is -0.136. The molecule has 0 saturated heterocycles. The van der Waals surface area contributed by atoms with Crippen LogP contribution in [-0.4, -0.2) is 36.9 Å². The Labute approximate surface area is 158 Å². The molecule has 2 aromatic carbocycles. The highest BCUT2D eigenvalue weighted by Crippen LogP contribution is 2.35. The number of nitrogens with zero attached hydrogens (tertiary/aromatic N) is 4. The number of halogens is 1. The number of hydrogen-bond donors (Lipinski definition) is 1. The largest absolute Gasteiger partial charge is 0.481 e. The summed E-state index contributed by atoms with van der Waals surface area (Å²) in [5.41, 5.74) is 2.81. The molecule has 1 aliphatic heterocycles. The van der Waals surface area contributed by atoms with Crippen LogP contribution >= 0.6 is 11.8 Å². The Morgan fingerprint density at radius 1 is 1.19 bits per heavy atom. The lowest BCUT2D eigenvalue weighted by Gasteiger charge is -2.22. The molecule has 6 nitrogen and oxygen atoms in total. The number of aliphatic carboxylic acids is 1. The Bertz CT molecular complexity index is 1050. The molecule has 1 atom stereocenters. The zero-order chi connectivity index (χ0) is 19.0. The summed E-state index contributed by atoms with van der Waals surface area (Å²) in [6.45, 7) is 1.98. The summed E-state index contributed by atoms with van der Waals surface area (Å²) in [6, 6.07) is 14.0. The Balaban J connectivity index is 1.85. The molecule has 0 aliphatic carbocycles. The summed E-state index contributed by atoms with van der Waals surface area (Å²) in [4.78, 5) is 11.3. The van der Waals surface area contributed by atoms with Crippen LogP contribution in [0, 0.1) is 12.7 Å². The second-order valence-electron chi connectivity index (χ2n) is 6.15. The normalized spacial score (nSPS) is 15.9. The van der Waals surface area contributed by atoms with Gasteiger partial charge in [-0.2, -0.15) is 9.78 Å². The summed E-state index contributed by atoms with van der Waals surface area (Å²) in [5, 5.41) is 22.1. The van der Waals surface area contributed by atoms with Crippen LogP contribution in [-0.2, 0) is 4.79 Å². The number of benzene rings is 2. The molecule has 1 aliphatic rings. The van der Waals surface area contributed by atoms with Crippen LogP contribution in [0.25, 0.3) is 11.4 Å². The number of fused-ring (bicyclic) bond motifs is 1. The molecule has 1 aromatic heterocycles. The molecular formula is C19H15FN4O2S. The van der Waals surface area contributed by atoms with Gasteiger partial charge in [0.05, 0.1) is 22.9 Å². The summed E-state index contributed by atoms with van der Waals surface area (Å²) in [7, 11) is 0. The Kier molecular flexibility index (Phi) is 4.49. The van der Waals surface area contributed by atoms with Crippen LogP contribution in [0.3, 0.4) is 0 Å².